The molecule has 1 fully saturated rings. The minimum atomic E-state index is -0.698. The summed E-state index contributed by atoms with van der Waals surface area (Å²) in [6.45, 7) is 6.60. The van der Waals surface area contributed by atoms with Gasteiger partial charge in [-0.2, -0.15) is 0 Å². The Balaban J connectivity index is 2.19. The van der Waals surface area contributed by atoms with Crippen LogP contribution in [-0.4, -0.2) is 42.2 Å². The van der Waals surface area contributed by atoms with Crippen LogP contribution in [0.4, 0.5) is 0 Å². The number of likely N-dealkylation sites (tertiary alicyclic amines) is 1. The first-order valence-electron chi connectivity index (χ1n) is 7.48. The summed E-state index contributed by atoms with van der Waals surface area (Å²) in [5, 5.41) is 10.6. The van der Waals surface area contributed by atoms with E-state index >= 15 is 0 Å². The van der Waals surface area contributed by atoms with Gasteiger partial charge in [0.15, 0.2) is 11.5 Å². The molecule has 1 saturated heterocycles. The van der Waals surface area contributed by atoms with Gasteiger partial charge in [-0.05, 0) is 38.5 Å². The summed E-state index contributed by atoms with van der Waals surface area (Å²) in [7, 11) is 3.14. The zero-order chi connectivity index (χ0) is 16.5. The van der Waals surface area contributed by atoms with Crippen LogP contribution in [0.5, 0.6) is 11.5 Å². The fraction of sp³-hybridized carbons (Fsp3) is 0.588. The zero-order valence-electron chi connectivity index (χ0n) is 13.9. The molecule has 1 heterocycles. The lowest BCUT2D eigenvalue weighted by atomic mass is 9.94. The van der Waals surface area contributed by atoms with Crippen molar-refractivity contribution in [1.29, 1.82) is 0 Å². The highest BCUT2D eigenvalue weighted by Crippen LogP contribution is 2.37. The van der Waals surface area contributed by atoms with Gasteiger partial charge >= 0.3 is 0 Å². The van der Waals surface area contributed by atoms with E-state index in [0.29, 0.717) is 24.5 Å². The molecule has 0 bridgehead atoms. The van der Waals surface area contributed by atoms with Gasteiger partial charge in [0.05, 0.1) is 20.3 Å². The van der Waals surface area contributed by atoms with Crippen LogP contribution < -0.4 is 9.47 Å². The molecular weight excluding hydrogens is 282 g/mol. The summed E-state index contributed by atoms with van der Waals surface area (Å²) in [5.74, 6) is 1.19. The lowest BCUT2D eigenvalue weighted by Gasteiger charge is -2.32. The number of amides is 1. The van der Waals surface area contributed by atoms with Crippen molar-refractivity contribution in [3.63, 3.8) is 0 Å². The molecule has 2 rings (SSSR count). The molecule has 0 saturated carbocycles. The van der Waals surface area contributed by atoms with Crippen molar-refractivity contribution in [3.05, 3.63) is 23.8 Å². The molecule has 2 unspecified atom stereocenters. The molecule has 1 aromatic rings. The average molecular weight is 307 g/mol. The van der Waals surface area contributed by atoms with E-state index in [1.165, 1.54) is 0 Å². The Bertz CT molecular complexity index is 550. The zero-order valence-corrected chi connectivity index (χ0v) is 13.9. The first-order valence-corrected chi connectivity index (χ1v) is 7.48. The maximum absolute atomic E-state index is 12.2. The predicted molar refractivity (Wildman–Crippen MR) is 84.1 cm³/mol. The van der Waals surface area contributed by atoms with Gasteiger partial charge in [0.1, 0.15) is 0 Å². The van der Waals surface area contributed by atoms with Crippen molar-refractivity contribution in [2.75, 3.05) is 20.8 Å². The molecule has 1 aliphatic rings. The van der Waals surface area contributed by atoms with Crippen molar-refractivity contribution in [2.24, 2.45) is 5.92 Å². The largest absolute Gasteiger partial charge is 0.493 e. The molecule has 0 aromatic heterocycles. The fourth-order valence-electron chi connectivity index (χ4n) is 2.90. The number of nitrogens with zero attached hydrogens (tertiary/aromatic N) is 1. The molecule has 2 atom stereocenters. The standard InChI is InChI=1S/C17H25NO4/c1-17(2,3)18-10-12(9-15(18)19)16(20)11-6-7-13(21-4)14(8-11)22-5/h6-8,12,16,20H,9-10H2,1-5H3. The summed E-state index contributed by atoms with van der Waals surface area (Å²) in [5.41, 5.74) is 0.523. The molecule has 5 nitrogen and oxygen atoms in total. The number of benzene rings is 1. The summed E-state index contributed by atoms with van der Waals surface area (Å²) in [6, 6.07) is 5.36. The number of carbonyl (C=O) groups excluding carboxylic acids is 1. The van der Waals surface area contributed by atoms with Crippen LogP contribution in [0, 0.1) is 5.92 Å². The van der Waals surface area contributed by atoms with E-state index in [9.17, 15) is 9.90 Å². The number of rotatable bonds is 4. The number of ether oxygens (including phenoxy) is 2. The summed E-state index contributed by atoms with van der Waals surface area (Å²) < 4.78 is 10.5. The topological polar surface area (TPSA) is 59.0 Å². The number of hydrogen-bond acceptors (Lipinski definition) is 4. The molecule has 0 radical (unpaired) electrons. The molecule has 0 aliphatic carbocycles. The number of carbonyl (C=O) groups is 1. The summed E-state index contributed by atoms with van der Waals surface area (Å²) in [4.78, 5) is 14.0. The van der Waals surface area contributed by atoms with Crippen LogP contribution >= 0.6 is 0 Å². The van der Waals surface area contributed by atoms with Crippen molar-refractivity contribution in [3.8, 4) is 11.5 Å². The van der Waals surface area contributed by atoms with Crippen LogP contribution in [-0.2, 0) is 4.79 Å². The van der Waals surface area contributed by atoms with E-state index in [2.05, 4.69) is 0 Å². The van der Waals surface area contributed by atoms with Crippen molar-refractivity contribution in [2.45, 2.75) is 38.8 Å². The first-order chi connectivity index (χ1) is 10.3. The Kier molecular flexibility index (Phi) is 4.66. The second kappa shape index (κ2) is 6.16. The van der Waals surface area contributed by atoms with Gasteiger partial charge in [-0.25, -0.2) is 0 Å². The van der Waals surface area contributed by atoms with Crippen LogP contribution in [0.2, 0.25) is 0 Å². The second-order valence-corrected chi connectivity index (χ2v) is 6.70. The third kappa shape index (κ3) is 3.19. The van der Waals surface area contributed by atoms with E-state index in [1.807, 2.05) is 31.7 Å². The van der Waals surface area contributed by atoms with Gasteiger partial charge < -0.3 is 19.5 Å². The van der Waals surface area contributed by atoms with Crippen LogP contribution in [0.15, 0.2) is 18.2 Å². The Morgan fingerprint density at radius 1 is 1.23 bits per heavy atom. The molecule has 1 amide bonds. The van der Waals surface area contributed by atoms with Gasteiger partial charge in [-0.1, -0.05) is 6.07 Å². The van der Waals surface area contributed by atoms with E-state index in [4.69, 9.17) is 9.47 Å². The van der Waals surface area contributed by atoms with Crippen LogP contribution in [0.25, 0.3) is 0 Å². The lowest BCUT2D eigenvalue weighted by Crippen LogP contribution is -2.42. The number of hydrogen-bond donors (Lipinski definition) is 1. The van der Waals surface area contributed by atoms with Crippen molar-refractivity contribution >= 4 is 5.91 Å². The van der Waals surface area contributed by atoms with Crippen LogP contribution in [0.1, 0.15) is 38.9 Å². The quantitative estimate of drug-likeness (QED) is 0.928. The van der Waals surface area contributed by atoms with Gasteiger partial charge in [-0.15, -0.1) is 0 Å². The number of methoxy groups -OCH3 is 2. The van der Waals surface area contributed by atoms with E-state index in [-0.39, 0.29) is 17.4 Å². The average Bonchev–Trinajstić information content (AvgIpc) is 2.87. The number of aliphatic hydroxyl groups excluding tert-OH is 1. The minimum absolute atomic E-state index is 0.0945. The Hall–Kier alpha value is -1.75. The Morgan fingerprint density at radius 2 is 1.86 bits per heavy atom. The summed E-state index contributed by atoms with van der Waals surface area (Å²) in [6.07, 6.45) is -0.330. The third-order valence-electron chi connectivity index (χ3n) is 4.16. The molecule has 22 heavy (non-hydrogen) atoms. The normalized spacial score (nSPS) is 20.2. The lowest BCUT2D eigenvalue weighted by molar-refractivity contribution is -0.131. The van der Waals surface area contributed by atoms with Crippen LogP contribution in [0.3, 0.4) is 0 Å². The molecular formula is C17H25NO4. The highest BCUT2D eigenvalue weighted by Gasteiger charge is 2.39. The Morgan fingerprint density at radius 3 is 2.36 bits per heavy atom. The molecule has 0 spiro atoms. The predicted octanol–water partition coefficient (Wildman–Crippen LogP) is 2.38. The van der Waals surface area contributed by atoms with E-state index in [1.54, 1.807) is 26.4 Å². The summed E-state index contributed by atoms with van der Waals surface area (Å²) >= 11 is 0. The van der Waals surface area contributed by atoms with Gasteiger partial charge in [-0.3, -0.25) is 4.79 Å². The monoisotopic (exact) mass is 307 g/mol. The minimum Gasteiger partial charge on any atom is -0.493 e. The molecule has 1 N–H and O–H groups in total. The highest BCUT2D eigenvalue weighted by atomic mass is 16.5. The smallest absolute Gasteiger partial charge is 0.223 e. The van der Waals surface area contributed by atoms with Crippen molar-refractivity contribution < 1.29 is 19.4 Å². The van der Waals surface area contributed by atoms with Gasteiger partial charge in [0.2, 0.25) is 5.91 Å². The highest BCUT2D eigenvalue weighted by molar-refractivity contribution is 5.79. The Labute approximate surface area is 131 Å². The maximum atomic E-state index is 12.2. The number of aliphatic hydroxyl groups is 1. The molecule has 5 heteroatoms. The van der Waals surface area contributed by atoms with E-state index in [0.717, 1.165) is 5.56 Å². The first kappa shape index (κ1) is 16.6. The maximum Gasteiger partial charge on any atom is 0.223 e. The SMILES string of the molecule is COc1ccc(C(O)C2CC(=O)N(C(C)(C)C)C2)cc1OC. The van der Waals surface area contributed by atoms with E-state index < -0.39 is 6.10 Å². The molecule has 1 aromatic carbocycles. The third-order valence-corrected chi connectivity index (χ3v) is 4.16. The van der Waals surface area contributed by atoms with Gasteiger partial charge in [0.25, 0.3) is 0 Å². The van der Waals surface area contributed by atoms with Gasteiger partial charge in [0, 0.05) is 24.4 Å². The fourth-order valence-corrected chi connectivity index (χ4v) is 2.90. The molecule has 122 valence electrons. The second-order valence-electron chi connectivity index (χ2n) is 6.70. The van der Waals surface area contributed by atoms with Crippen molar-refractivity contribution in [1.82, 2.24) is 4.90 Å². The molecule has 1 aliphatic heterocycles.